The molecule has 5 nitrogen and oxygen atoms in total. The van der Waals surface area contributed by atoms with Crippen LogP contribution in [-0.4, -0.2) is 26.4 Å². The van der Waals surface area contributed by atoms with Gasteiger partial charge >= 0.3 is 0 Å². The van der Waals surface area contributed by atoms with Gasteiger partial charge in [0.05, 0.1) is 22.3 Å². The van der Waals surface area contributed by atoms with Crippen molar-refractivity contribution in [3.8, 4) is 0 Å². The minimum absolute atomic E-state index is 0.00805. The van der Waals surface area contributed by atoms with Crippen molar-refractivity contribution in [3.63, 3.8) is 0 Å². The van der Waals surface area contributed by atoms with E-state index in [1.54, 1.807) is 0 Å². The number of H-pyrrole nitrogens is 1. The van der Waals surface area contributed by atoms with Crippen LogP contribution in [0.3, 0.4) is 0 Å². The van der Waals surface area contributed by atoms with E-state index in [4.69, 9.17) is 9.97 Å². The van der Waals surface area contributed by atoms with E-state index >= 15 is 0 Å². The minimum atomic E-state index is 0.00805. The number of nitrogens with one attached hydrogen (secondary N) is 1. The Hall–Kier alpha value is -3.05. The van der Waals surface area contributed by atoms with Gasteiger partial charge in [0.2, 0.25) is 0 Å². The lowest BCUT2D eigenvalue weighted by molar-refractivity contribution is 0.243. The van der Waals surface area contributed by atoms with Gasteiger partial charge in [-0.25, -0.2) is 9.97 Å². The van der Waals surface area contributed by atoms with Crippen LogP contribution in [0.2, 0.25) is 0 Å². The zero-order chi connectivity index (χ0) is 20.8. The number of aromatic amines is 1. The van der Waals surface area contributed by atoms with E-state index in [1.807, 2.05) is 6.07 Å². The molecule has 2 aromatic carbocycles. The lowest BCUT2D eigenvalue weighted by Gasteiger charge is -2.29. The van der Waals surface area contributed by atoms with Gasteiger partial charge in [-0.3, -0.25) is 9.69 Å². The van der Waals surface area contributed by atoms with Crippen molar-refractivity contribution in [1.29, 1.82) is 0 Å². The summed E-state index contributed by atoms with van der Waals surface area (Å²) in [5, 5.41) is 2.38. The molecule has 0 aliphatic carbocycles. The van der Waals surface area contributed by atoms with Crippen LogP contribution in [0.4, 0.5) is 0 Å². The number of pyridine rings is 1. The van der Waals surface area contributed by atoms with Crippen molar-refractivity contribution >= 4 is 21.8 Å². The van der Waals surface area contributed by atoms with Crippen molar-refractivity contribution in [2.45, 2.75) is 46.2 Å². The van der Waals surface area contributed by atoms with E-state index in [9.17, 15) is 4.79 Å². The molecular weight excluding hydrogens is 372 g/mol. The van der Waals surface area contributed by atoms with Gasteiger partial charge in [0, 0.05) is 42.7 Å². The van der Waals surface area contributed by atoms with Crippen LogP contribution < -0.4 is 5.56 Å². The standard InChI is InChI=1S/C25H26N4O/c1-15(2)24-27-23-10-11-29(14-20(23)25(30)28-24)13-19-17-6-4-5-7-21(17)26-22-9-8-16(3)12-18(19)22/h4-9,12,15H,10-11,13-14H2,1-3H3,(H,27,28,30). The summed E-state index contributed by atoms with van der Waals surface area (Å²) in [5.41, 5.74) is 6.32. The number of para-hydroxylation sites is 1. The van der Waals surface area contributed by atoms with Crippen molar-refractivity contribution in [2.24, 2.45) is 0 Å². The summed E-state index contributed by atoms with van der Waals surface area (Å²) < 4.78 is 0. The van der Waals surface area contributed by atoms with Gasteiger partial charge in [-0.05, 0) is 30.7 Å². The molecule has 1 aliphatic rings. The van der Waals surface area contributed by atoms with E-state index < -0.39 is 0 Å². The Morgan fingerprint density at radius 3 is 2.70 bits per heavy atom. The highest BCUT2D eigenvalue weighted by atomic mass is 16.1. The molecule has 0 bridgehead atoms. The lowest BCUT2D eigenvalue weighted by atomic mass is 9.99. The van der Waals surface area contributed by atoms with Crippen LogP contribution >= 0.6 is 0 Å². The predicted octanol–water partition coefficient (Wildman–Crippen LogP) is 4.46. The third-order valence-electron chi connectivity index (χ3n) is 6.04. The number of aromatic nitrogens is 3. The highest BCUT2D eigenvalue weighted by molar-refractivity contribution is 5.97. The Balaban J connectivity index is 1.56. The number of aryl methyl sites for hydroxylation is 1. The average Bonchev–Trinajstić information content (AvgIpc) is 2.74. The molecule has 1 N–H and O–H groups in total. The van der Waals surface area contributed by atoms with Crippen LogP contribution in [0, 0.1) is 6.92 Å². The predicted molar refractivity (Wildman–Crippen MR) is 121 cm³/mol. The minimum Gasteiger partial charge on any atom is -0.310 e. The monoisotopic (exact) mass is 398 g/mol. The molecule has 152 valence electrons. The average molecular weight is 399 g/mol. The first kappa shape index (κ1) is 18.9. The first-order valence-electron chi connectivity index (χ1n) is 10.6. The quantitative estimate of drug-likeness (QED) is 0.518. The van der Waals surface area contributed by atoms with Crippen molar-refractivity contribution in [1.82, 2.24) is 19.9 Å². The largest absolute Gasteiger partial charge is 0.310 e. The van der Waals surface area contributed by atoms with E-state index in [-0.39, 0.29) is 11.5 Å². The molecule has 0 fully saturated rings. The Labute approximate surface area is 175 Å². The van der Waals surface area contributed by atoms with Crippen molar-refractivity contribution < 1.29 is 0 Å². The van der Waals surface area contributed by atoms with Gasteiger partial charge in [-0.2, -0.15) is 0 Å². The van der Waals surface area contributed by atoms with Crippen molar-refractivity contribution in [2.75, 3.05) is 6.54 Å². The molecule has 30 heavy (non-hydrogen) atoms. The smallest absolute Gasteiger partial charge is 0.255 e. The number of nitrogens with zero attached hydrogens (tertiary/aromatic N) is 3. The second-order valence-corrected chi connectivity index (χ2v) is 8.62. The highest BCUT2D eigenvalue weighted by Crippen LogP contribution is 2.29. The zero-order valence-electron chi connectivity index (χ0n) is 17.7. The lowest BCUT2D eigenvalue weighted by Crippen LogP contribution is -2.36. The number of fused-ring (bicyclic) bond motifs is 3. The molecule has 2 aromatic heterocycles. The zero-order valence-corrected chi connectivity index (χ0v) is 17.7. The summed E-state index contributed by atoms with van der Waals surface area (Å²) in [6, 6.07) is 14.8. The fraction of sp³-hybridized carbons (Fsp3) is 0.320. The van der Waals surface area contributed by atoms with Crippen molar-refractivity contribution in [3.05, 3.63) is 81.0 Å². The molecule has 0 unspecified atom stereocenters. The summed E-state index contributed by atoms with van der Waals surface area (Å²) in [4.78, 5) is 27.7. The molecule has 0 spiro atoms. The van der Waals surface area contributed by atoms with Gasteiger partial charge in [0.1, 0.15) is 5.82 Å². The number of hydrogen-bond acceptors (Lipinski definition) is 4. The third-order valence-corrected chi connectivity index (χ3v) is 6.04. The molecule has 0 atom stereocenters. The molecule has 0 saturated carbocycles. The first-order chi connectivity index (χ1) is 14.5. The first-order valence-corrected chi connectivity index (χ1v) is 10.6. The van der Waals surface area contributed by atoms with Gasteiger partial charge in [0.25, 0.3) is 5.56 Å². The number of hydrogen-bond donors (Lipinski definition) is 1. The van der Waals surface area contributed by atoms with Crippen LogP contribution in [0.25, 0.3) is 21.8 Å². The molecule has 0 amide bonds. The fourth-order valence-electron chi connectivity index (χ4n) is 4.39. The van der Waals surface area contributed by atoms with Gasteiger partial charge in [-0.1, -0.05) is 43.7 Å². The summed E-state index contributed by atoms with van der Waals surface area (Å²) >= 11 is 0. The Morgan fingerprint density at radius 1 is 1.07 bits per heavy atom. The molecule has 0 radical (unpaired) electrons. The maximum absolute atomic E-state index is 12.7. The Kier molecular flexibility index (Phi) is 4.63. The van der Waals surface area contributed by atoms with Crippen LogP contribution in [-0.2, 0) is 19.5 Å². The Morgan fingerprint density at radius 2 is 1.87 bits per heavy atom. The number of benzene rings is 2. The van der Waals surface area contributed by atoms with E-state index in [1.165, 1.54) is 21.9 Å². The third kappa shape index (κ3) is 3.29. The summed E-state index contributed by atoms with van der Waals surface area (Å²) in [7, 11) is 0. The van der Waals surface area contributed by atoms with Gasteiger partial charge < -0.3 is 4.98 Å². The molecule has 4 aromatic rings. The van der Waals surface area contributed by atoms with Gasteiger partial charge in [-0.15, -0.1) is 0 Å². The van der Waals surface area contributed by atoms with E-state index in [2.05, 4.69) is 67.1 Å². The fourth-order valence-corrected chi connectivity index (χ4v) is 4.39. The molecule has 5 heteroatoms. The second-order valence-electron chi connectivity index (χ2n) is 8.62. The van der Waals surface area contributed by atoms with Crippen LogP contribution in [0.15, 0.2) is 47.3 Å². The molecule has 3 heterocycles. The van der Waals surface area contributed by atoms with Crippen LogP contribution in [0.5, 0.6) is 0 Å². The molecule has 5 rings (SSSR count). The topological polar surface area (TPSA) is 61.9 Å². The van der Waals surface area contributed by atoms with E-state index in [0.717, 1.165) is 47.6 Å². The summed E-state index contributed by atoms with van der Waals surface area (Å²) in [6.07, 6.45) is 0.805. The SMILES string of the molecule is Cc1ccc2nc3ccccc3c(CN3CCc4nc(C(C)C)[nH]c(=O)c4C3)c2c1. The number of rotatable bonds is 3. The van der Waals surface area contributed by atoms with E-state index in [0.29, 0.717) is 6.54 Å². The molecule has 1 aliphatic heterocycles. The van der Waals surface area contributed by atoms with Crippen LogP contribution in [0.1, 0.15) is 48.0 Å². The second kappa shape index (κ2) is 7.33. The summed E-state index contributed by atoms with van der Waals surface area (Å²) in [6.45, 7) is 8.54. The molecule has 0 saturated heterocycles. The normalized spacial score (nSPS) is 14.5. The Bertz CT molecular complexity index is 1320. The highest BCUT2D eigenvalue weighted by Gasteiger charge is 2.23. The molecular formula is C25H26N4O. The summed E-state index contributed by atoms with van der Waals surface area (Å²) in [5.74, 6) is 1.01. The maximum atomic E-state index is 12.7. The van der Waals surface area contributed by atoms with Gasteiger partial charge in [0.15, 0.2) is 0 Å². The maximum Gasteiger partial charge on any atom is 0.255 e.